The molecule has 1 N–H and O–H groups in total. The Balaban J connectivity index is 2.02. The van der Waals surface area contributed by atoms with E-state index in [2.05, 4.69) is 11.9 Å². The molecule has 2 saturated heterocycles. The average Bonchev–Trinajstić information content (AvgIpc) is 2.04. The van der Waals surface area contributed by atoms with E-state index in [1.165, 1.54) is 0 Å². The number of piperidine rings is 1. The van der Waals surface area contributed by atoms with Gasteiger partial charge in [-0.25, -0.2) is 0 Å². The highest BCUT2D eigenvalue weighted by atomic mass is 16.5. The fourth-order valence-electron chi connectivity index (χ4n) is 2.36. The highest BCUT2D eigenvalue weighted by Gasteiger charge is 2.36. The predicted molar refractivity (Wildman–Crippen MR) is 46.0 cm³/mol. The summed E-state index contributed by atoms with van der Waals surface area (Å²) in [5.41, 5.74) is 0. The number of nitrogens with zero attached hydrogens (tertiary/aromatic N) is 1. The third-order valence-corrected chi connectivity index (χ3v) is 3.24. The number of fused-ring (bicyclic) bond motifs is 2. The number of aliphatic hydroxyl groups excluding tert-OH is 1. The summed E-state index contributed by atoms with van der Waals surface area (Å²) in [5.74, 6) is 0.514. The van der Waals surface area contributed by atoms with E-state index in [1.54, 1.807) is 0 Å². The molecule has 2 bridgehead atoms. The van der Waals surface area contributed by atoms with E-state index in [0.29, 0.717) is 24.6 Å². The second kappa shape index (κ2) is 3.32. The fraction of sp³-hybridized carbons (Fsp3) is 1.00. The molecular weight excluding hydrogens is 154 g/mol. The van der Waals surface area contributed by atoms with Crippen molar-refractivity contribution in [2.45, 2.75) is 24.9 Å². The van der Waals surface area contributed by atoms with E-state index in [0.717, 1.165) is 26.1 Å². The Kier molecular flexibility index (Phi) is 2.35. The first-order valence-electron chi connectivity index (χ1n) is 4.71. The minimum atomic E-state index is 0.348. The Morgan fingerprint density at radius 2 is 1.92 bits per heavy atom. The fourth-order valence-corrected chi connectivity index (χ4v) is 2.36. The molecule has 0 spiro atoms. The maximum atomic E-state index is 9.07. The maximum absolute atomic E-state index is 9.07. The van der Waals surface area contributed by atoms with Gasteiger partial charge in [-0.15, -0.1) is 0 Å². The SMILES string of the molecule is CN1C2COCC1CC(CO)C2. The zero-order chi connectivity index (χ0) is 8.55. The van der Waals surface area contributed by atoms with Gasteiger partial charge < -0.3 is 9.84 Å². The minimum absolute atomic E-state index is 0.348. The van der Waals surface area contributed by atoms with Gasteiger partial charge in [0.1, 0.15) is 0 Å². The summed E-state index contributed by atoms with van der Waals surface area (Å²) in [5, 5.41) is 9.07. The topological polar surface area (TPSA) is 32.7 Å². The van der Waals surface area contributed by atoms with Gasteiger partial charge >= 0.3 is 0 Å². The first-order valence-corrected chi connectivity index (χ1v) is 4.71. The van der Waals surface area contributed by atoms with Crippen LogP contribution in [0.4, 0.5) is 0 Å². The van der Waals surface area contributed by atoms with Crippen LogP contribution < -0.4 is 0 Å². The average molecular weight is 171 g/mol. The normalized spacial score (nSPS) is 43.0. The van der Waals surface area contributed by atoms with Crippen molar-refractivity contribution in [3.8, 4) is 0 Å². The van der Waals surface area contributed by atoms with Crippen LogP contribution in [0.5, 0.6) is 0 Å². The van der Waals surface area contributed by atoms with Crippen molar-refractivity contribution < 1.29 is 9.84 Å². The molecule has 2 rings (SSSR count). The van der Waals surface area contributed by atoms with Crippen LogP contribution in [0.1, 0.15) is 12.8 Å². The van der Waals surface area contributed by atoms with Gasteiger partial charge in [0.2, 0.25) is 0 Å². The van der Waals surface area contributed by atoms with Crippen molar-refractivity contribution in [3.63, 3.8) is 0 Å². The van der Waals surface area contributed by atoms with Gasteiger partial charge in [0.05, 0.1) is 13.2 Å². The van der Waals surface area contributed by atoms with E-state index in [9.17, 15) is 0 Å². The molecule has 2 aliphatic rings. The number of aliphatic hydroxyl groups is 1. The highest BCUT2D eigenvalue weighted by molar-refractivity contribution is 4.89. The van der Waals surface area contributed by atoms with E-state index in [1.807, 2.05) is 0 Å². The summed E-state index contributed by atoms with van der Waals surface area (Å²) in [6.45, 7) is 2.05. The van der Waals surface area contributed by atoms with Gasteiger partial charge in [0.15, 0.2) is 0 Å². The van der Waals surface area contributed by atoms with Crippen molar-refractivity contribution >= 4 is 0 Å². The highest BCUT2D eigenvalue weighted by Crippen LogP contribution is 2.29. The lowest BCUT2D eigenvalue weighted by Gasteiger charge is -2.46. The molecule has 2 fully saturated rings. The predicted octanol–water partition coefficient (Wildman–Crippen LogP) is 0.0879. The number of morpholine rings is 1. The molecule has 0 aliphatic carbocycles. The van der Waals surface area contributed by atoms with Crippen molar-refractivity contribution in [2.75, 3.05) is 26.9 Å². The summed E-state index contributed by atoms with van der Waals surface area (Å²) >= 11 is 0. The van der Waals surface area contributed by atoms with Crippen LogP contribution in [0.3, 0.4) is 0 Å². The van der Waals surface area contributed by atoms with Crippen LogP contribution in [-0.2, 0) is 4.74 Å². The van der Waals surface area contributed by atoms with Crippen LogP contribution in [0.2, 0.25) is 0 Å². The number of likely N-dealkylation sites (N-methyl/N-ethyl adjacent to an activating group) is 1. The van der Waals surface area contributed by atoms with Crippen molar-refractivity contribution in [1.82, 2.24) is 4.90 Å². The summed E-state index contributed by atoms with van der Waals surface area (Å²) < 4.78 is 5.48. The Bertz CT molecular complexity index is 149. The molecule has 0 aromatic rings. The van der Waals surface area contributed by atoms with E-state index in [-0.39, 0.29) is 0 Å². The quantitative estimate of drug-likeness (QED) is 0.607. The molecule has 3 nitrogen and oxygen atoms in total. The molecule has 70 valence electrons. The first kappa shape index (κ1) is 8.48. The van der Waals surface area contributed by atoms with Crippen LogP contribution in [-0.4, -0.2) is 49.0 Å². The lowest BCUT2D eigenvalue weighted by Crippen LogP contribution is -2.55. The molecule has 2 unspecified atom stereocenters. The monoisotopic (exact) mass is 171 g/mol. The van der Waals surface area contributed by atoms with Crippen LogP contribution >= 0.6 is 0 Å². The first-order chi connectivity index (χ1) is 5.81. The number of rotatable bonds is 1. The second-order valence-corrected chi connectivity index (χ2v) is 4.03. The zero-order valence-corrected chi connectivity index (χ0v) is 7.57. The van der Waals surface area contributed by atoms with Gasteiger partial charge in [-0.3, -0.25) is 4.90 Å². The smallest absolute Gasteiger partial charge is 0.0622 e. The molecule has 2 atom stereocenters. The number of hydrogen-bond donors (Lipinski definition) is 1. The molecule has 2 heterocycles. The van der Waals surface area contributed by atoms with E-state index >= 15 is 0 Å². The molecule has 12 heavy (non-hydrogen) atoms. The molecule has 0 aromatic heterocycles. The van der Waals surface area contributed by atoms with Crippen molar-refractivity contribution in [2.24, 2.45) is 5.92 Å². The van der Waals surface area contributed by atoms with Crippen LogP contribution in [0.15, 0.2) is 0 Å². The summed E-state index contributed by atoms with van der Waals surface area (Å²) in [4.78, 5) is 2.41. The molecule has 3 heteroatoms. The molecule has 0 amide bonds. The van der Waals surface area contributed by atoms with Crippen molar-refractivity contribution in [1.29, 1.82) is 0 Å². The Hall–Kier alpha value is -0.120. The Labute approximate surface area is 73.3 Å². The summed E-state index contributed by atoms with van der Waals surface area (Å²) in [7, 11) is 2.17. The Morgan fingerprint density at radius 1 is 1.33 bits per heavy atom. The van der Waals surface area contributed by atoms with E-state index < -0.39 is 0 Å². The molecular formula is C9H17NO2. The Morgan fingerprint density at radius 3 is 2.42 bits per heavy atom. The van der Waals surface area contributed by atoms with E-state index in [4.69, 9.17) is 9.84 Å². The molecule has 0 saturated carbocycles. The van der Waals surface area contributed by atoms with Gasteiger partial charge in [0.25, 0.3) is 0 Å². The largest absolute Gasteiger partial charge is 0.396 e. The molecule has 0 radical (unpaired) electrons. The number of hydrogen-bond acceptors (Lipinski definition) is 3. The van der Waals surface area contributed by atoms with Gasteiger partial charge in [-0.05, 0) is 25.8 Å². The summed E-state index contributed by atoms with van der Waals surface area (Å²) in [6.07, 6.45) is 2.20. The van der Waals surface area contributed by atoms with Crippen LogP contribution in [0.25, 0.3) is 0 Å². The molecule has 0 aromatic carbocycles. The summed E-state index contributed by atoms with van der Waals surface area (Å²) in [6, 6.07) is 1.10. The lowest BCUT2D eigenvalue weighted by molar-refractivity contribution is -0.0804. The molecule has 2 aliphatic heterocycles. The van der Waals surface area contributed by atoms with Gasteiger partial charge in [0, 0.05) is 18.7 Å². The maximum Gasteiger partial charge on any atom is 0.0622 e. The van der Waals surface area contributed by atoms with Crippen molar-refractivity contribution in [3.05, 3.63) is 0 Å². The standard InChI is InChI=1S/C9H17NO2/c1-10-8-2-7(4-11)3-9(10)6-12-5-8/h7-9,11H,2-6H2,1H3. The van der Waals surface area contributed by atoms with Gasteiger partial charge in [-0.2, -0.15) is 0 Å². The minimum Gasteiger partial charge on any atom is -0.396 e. The van der Waals surface area contributed by atoms with Gasteiger partial charge in [-0.1, -0.05) is 0 Å². The third kappa shape index (κ3) is 1.37. The number of ether oxygens (including phenoxy) is 1. The zero-order valence-electron chi connectivity index (χ0n) is 7.57. The third-order valence-electron chi connectivity index (χ3n) is 3.24. The lowest BCUT2D eigenvalue weighted by atomic mass is 9.86. The van der Waals surface area contributed by atoms with Crippen LogP contribution in [0, 0.1) is 5.92 Å². The second-order valence-electron chi connectivity index (χ2n) is 4.03.